The molecular formula is C18H20N4O4S3. The highest BCUT2D eigenvalue weighted by Crippen LogP contribution is 2.31. The van der Waals surface area contributed by atoms with Crippen molar-refractivity contribution in [2.75, 3.05) is 43.1 Å². The largest absolute Gasteiger partial charge is 0.378 e. The minimum atomic E-state index is -3.55. The van der Waals surface area contributed by atoms with E-state index in [2.05, 4.69) is 19.9 Å². The summed E-state index contributed by atoms with van der Waals surface area (Å²) in [7, 11) is -3.55. The average molecular weight is 453 g/mol. The number of aromatic nitrogens is 1. The van der Waals surface area contributed by atoms with E-state index in [-0.39, 0.29) is 23.1 Å². The fourth-order valence-electron chi connectivity index (χ4n) is 2.89. The molecule has 4 rings (SSSR count). The number of carbonyl (C=O) groups is 1. The Bertz CT molecular complexity index is 1090. The second-order valence-corrected chi connectivity index (χ2v) is 10.4. The third-order valence-electron chi connectivity index (χ3n) is 4.35. The average Bonchev–Trinajstić information content (AvgIpc) is 3.38. The monoisotopic (exact) mass is 452 g/mol. The van der Waals surface area contributed by atoms with Gasteiger partial charge in [0.2, 0.25) is 15.9 Å². The topological polar surface area (TPSA) is 101 Å². The Kier molecular flexibility index (Phi) is 6.11. The van der Waals surface area contributed by atoms with Crippen LogP contribution in [0.15, 0.2) is 39.9 Å². The van der Waals surface area contributed by atoms with Crippen LogP contribution in [-0.2, 0) is 19.6 Å². The third kappa shape index (κ3) is 4.93. The van der Waals surface area contributed by atoms with E-state index in [0.29, 0.717) is 18.9 Å². The number of morpholine rings is 1. The molecule has 0 aliphatic carbocycles. The number of carbonyl (C=O) groups excluding carboxylic acids is 1. The van der Waals surface area contributed by atoms with Gasteiger partial charge in [-0.05, 0) is 29.6 Å². The van der Waals surface area contributed by atoms with E-state index in [4.69, 9.17) is 4.74 Å². The second kappa shape index (κ2) is 8.76. The van der Waals surface area contributed by atoms with Gasteiger partial charge < -0.3 is 15.0 Å². The van der Waals surface area contributed by atoms with E-state index in [0.717, 1.165) is 39.8 Å². The van der Waals surface area contributed by atoms with Crippen LogP contribution in [0.2, 0.25) is 0 Å². The normalized spacial score (nSPS) is 15.0. The van der Waals surface area contributed by atoms with Crippen molar-refractivity contribution in [3.8, 4) is 0 Å². The highest BCUT2D eigenvalue weighted by atomic mass is 32.2. The Hall–Kier alpha value is -2.05. The maximum atomic E-state index is 12.2. The van der Waals surface area contributed by atoms with Crippen LogP contribution in [-0.4, -0.2) is 52.2 Å². The van der Waals surface area contributed by atoms with E-state index in [1.165, 1.54) is 6.07 Å². The summed E-state index contributed by atoms with van der Waals surface area (Å²) in [4.78, 5) is 19.1. The van der Waals surface area contributed by atoms with Crippen LogP contribution < -0.4 is 14.9 Å². The number of fused-ring (bicyclic) bond motifs is 1. The number of thiazole rings is 1. The van der Waals surface area contributed by atoms with Gasteiger partial charge in [0.25, 0.3) is 0 Å². The molecule has 2 aromatic heterocycles. The van der Waals surface area contributed by atoms with E-state index < -0.39 is 10.0 Å². The molecule has 29 heavy (non-hydrogen) atoms. The van der Waals surface area contributed by atoms with Crippen LogP contribution in [0.5, 0.6) is 0 Å². The number of nitrogens with zero attached hydrogens (tertiary/aromatic N) is 2. The van der Waals surface area contributed by atoms with Gasteiger partial charge in [-0.1, -0.05) is 17.4 Å². The lowest BCUT2D eigenvalue weighted by Crippen LogP contribution is -2.36. The van der Waals surface area contributed by atoms with Gasteiger partial charge in [0.1, 0.15) is 4.21 Å². The van der Waals surface area contributed by atoms with Gasteiger partial charge in [0.05, 0.1) is 23.4 Å². The number of anilines is 2. The lowest BCUT2D eigenvalue weighted by molar-refractivity contribution is -0.116. The van der Waals surface area contributed by atoms with Crippen LogP contribution in [0, 0.1) is 0 Å². The van der Waals surface area contributed by atoms with E-state index in [9.17, 15) is 13.2 Å². The molecule has 0 bridgehead atoms. The first kappa shape index (κ1) is 20.2. The SMILES string of the molecule is O=C(CCNS(=O)(=O)c1cccs1)Nc1ccc2nc(N3CCOCC3)sc2c1. The fourth-order valence-corrected chi connectivity index (χ4v) is 6.02. The molecule has 0 spiro atoms. The number of rotatable bonds is 7. The second-order valence-electron chi connectivity index (χ2n) is 6.41. The maximum Gasteiger partial charge on any atom is 0.250 e. The van der Waals surface area contributed by atoms with Crippen molar-refractivity contribution in [1.29, 1.82) is 0 Å². The van der Waals surface area contributed by atoms with Crippen molar-refractivity contribution >= 4 is 59.6 Å². The minimum Gasteiger partial charge on any atom is -0.378 e. The first-order chi connectivity index (χ1) is 14.0. The Morgan fingerprint density at radius 2 is 2.07 bits per heavy atom. The van der Waals surface area contributed by atoms with Crippen molar-refractivity contribution in [3.05, 3.63) is 35.7 Å². The van der Waals surface area contributed by atoms with Gasteiger partial charge in [-0.25, -0.2) is 18.1 Å². The zero-order valence-corrected chi connectivity index (χ0v) is 17.9. The third-order valence-corrected chi connectivity index (χ3v) is 8.28. The number of sulfonamides is 1. The summed E-state index contributed by atoms with van der Waals surface area (Å²) in [6, 6.07) is 8.78. The zero-order valence-electron chi connectivity index (χ0n) is 15.5. The van der Waals surface area contributed by atoms with Crippen molar-refractivity contribution in [1.82, 2.24) is 9.71 Å². The summed E-state index contributed by atoms with van der Waals surface area (Å²) in [5.41, 5.74) is 1.55. The molecule has 1 aliphatic rings. The Labute approximate surface area is 176 Å². The molecule has 1 fully saturated rings. The van der Waals surface area contributed by atoms with Crippen molar-refractivity contribution in [2.45, 2.75) is 10.6 Å². The molecule has 0 atom stereocenters. The van der Waals surface area contributed by atoms with Crippen LogP contribution in [0.3, 0.4) is 0 Å². The van der Waals surface area contributed by atoms with Gasteiger partial charge in [-0.3, -0.25) is 4.79 Å². The molecule has 1 aromatic carbocycles. The van der Waals surface area contributed by atoms with Crippen LogP contribution >= 0.6 is 22.7 Å². The van der Waals surface area contributed by atoms with Gasteiger partial charge in [0, 0.05) is 31.7 Å². The minimum absolute atomic E-state index is 0.0377. The number of hydrogen-bond donors (Lipinski definition) is 2. The van der Waals surface area contributed by atoms with Gasteiger partial charge >= 0.3 is 0 Å². The standard InChI is InChI=1S/C18H20N4O4S3/c23-16(5-6-19-29(24,25)17-2-1-11-27-17)20-13-3-4-14-15(12-13)28-18(21-14)22-7-9-26-10-8-22/h1-4,11-12,19H,5-10H2,(H,20,23). The number of thiophene rings is 1. The highest BCUT2D eigenvalue weighted by molar-refractivity contribution is 7.91. The molecule has 0 radical (unpaired) electrons. The smallest absolute Gasteiger partial charge is 0.250 e. The van der Waals surface area contributed by atoms with Crippen LogP contribution in [0.4, 0.5) is 10.8 Å². The summed E-state index contributed by atoms with van der Waals surface area (Å²) >= 11 is 2.72. The summed E-state index contributed by atoms with van der Waals surface area (Å²) in [5, 5.41) is 5.47. The van der Waals surface area contributed by atoms with Gasteiger partial charge in [-0.2, -0.15) is 0 Å². The molecule has 3 aromatic rings. The summed E-state index contributed by atoms with van der Waals surface area (Å²) in [5.74, 6) is -0.254. The predicted octanol–water partition coefficient (Wildman–Crippen LogP) is 2.50. The first-order valence-electron chi connectivity index (χ1n) is 9.07. The van der Waals surface area contributed by atoms with Gasteiger partial charge in [-0.15, -0.1) is 11.3 Å². The maximum absolute atomic E-state index is 12.2. The number of hydrogen-bond acceptors (Lipinski definition) is 8. The van der Waals surface area contributed by atoms with E-state index in [1.54, 1.807) is 28.8 Å². The van der Waals surface area contributed by atoms with Gasteiger partial charge in [0.15, 0.2) is 5.13 Å². The number of benzene rings is 1. The Balaban J connectivity index is 1.34. The van der Waals surface area contributed by atoms with E-state index >= 15 is 0 Å². The molecular weight excluding hydrogens is 432 g/mol. The molecule has 11 heteroatoms. The molecule has 1 saturated heterocycles. The Morgan fingerprint density at radius 1 is 1.24 bits per heavy atom. The molecule has 2 N–H and O–H groups in total. The molecule has 1 aliphatic heterocycles. The lowest BCUT2D eigenvalue weighted by Gasteiger charge is -2.25. The molecule has 0 unspecified atom stereocenters. The lowest BCUT2D eigenvalue weighted by atomic mass is 10.3. The summed E-state index contributed by atoms with van der Waals surface area (Å²) in [6.07, 6.45) is 0.0460. The predicted molar refractivity (Wildman–Crippen MR) is 115 cm³/mol. The summed E-state index contributed by atoms with van der Waals surface area (Å²) < 4.78 is 33.2. The number of amides is 1. The quantitative estimate of drug-likeness (QED) is 0.571. The molecule has 0 saturated carbocycles. The highest BCUT2D eigenvalue weighted by Gasteiger charge is 2.17. The van der Waals surface area contributed by atoms with Crippen molar-refractivity contribution in [3.63, 3.8) is 0 Å². The molecule has 8 nitrogen and oxygen atoms in total. The molecule has 1 amide bonds. The van der Waals surface area contributed by atoms with Crippen molar-refractivity contribution < 1.29 is 17.9 Å². The molecule has 3 heterocycles. The van der Waals surface area contributed by atoms with E-state index in [1.807, 2.05) is 12.1 Å². The van der Waals surface area contributed by atoms with Crippen molar-refractivity contribution in [2.24, 2.45) is 0 Å². The molecule has 154 valence electrons. The zero-order chi connectivity index (χ0) is 20.3. The fraction of sp³-hybridized carbons (Fsp3) is 0.333. The number of ether oxygens (including phenoxy) is 1. The van der Waals surface area contributed by atoms with Crippen LogP contribution in [0.25, 0.3) is 10.2 Å². The summed E-state index contributed by atoms with van der Waals surface area (Å²) in [6.45, 7) is 3.09. The van der Waals surface area contributed by atoms with Crippen LogP contribution in [0.1, 0.15) is 6.42 Å². The first-order valence-corrected chi connectivity index (χ1v) is 12.3. The number of nitrogens with one attached hydrogen (secondary N) is 2. The Morgan fingerprint density at radius 3 is 2.83 bits per heavy atom.